The zero-order valence-corrected chi connectivity index (χ0v) is 15.5. The Kier molecular flexibility index (Phi) is 10.4. The molecule has 2 aromatic rings. The molecule has 0 radical (unpaired) electrons. The van der Waals surface area contributed by atoms with Crippen molar-refractivity contribution in [3.05, 3.63) is 59.7 Å². The lowest BCUT2D eigenvalue weighted by molar-refractivity contribution is 0.540. The largest absolute Gasteiger partial charge is 0.397 e. The van der Waals surface area contributed by atoms with Crippen molar-refractivity contribution in [1.82, 2.24) is 5.32 Å². The molecular formula is C21H29N5. The second kappa shape index (κ2) is 12.6. The molecule has 5 nitrogen and oxygen atoms in total. The first-order chi connectivity index (χ1) is 12.6. The van der Waals surface area contributed by atoms with Gasteiger partial charge in [-0.3, -0.25) is 4.99 Å². The molecule has 5 N–H and O–H groups in total. The second-order valence-electron chi connectivity index (χ2n) is 6.09. The smallest absolute Gasteiger partial charge is 0.0991 e. The van der Waals surface area contributed by atoms with E-state index in [4.69, 9.17) is 16.7 Å². The van der Waals surface area contributed by atoms with Gasteiger partial charge in [-0.2, -0.15) is 5.26 Å². The molecule has 0 spiro atoms. The first kappa shape index (κ1) is 21.4. The van der Waals surface area contributed by atoms with Gasteiger partial charge in [-0.15, -0.1) is 0 Å². The van der Waals surface area contributed by atoms with Crippen LogP contribution in [0.2, 0.25) is 0 Å². The number of aryl methyl sites for hydroxylation is 1. The summed E-state index contributed by atoms with van der Waals surface area (Å²) in [7, 11) is 1.92. The normalized spacial score (nSPS) is 11.0. The molecule has 0 aromatic heterocycles. The minimum Gasteiger partial charge on any atom is -0.397 e. The third kappa shape index (κ3) is 8.43. The van der Waals surface area contributed by atoms with Crippen LogP contribution in [0.1, 0.15) is 30.4 Å². The average Bonchev–Trinajstić information content (AvgIpc) is 2.66. The van der Waals surface area contributed by atoms with Crippen molar-refractivity contribution < 1.29 is 0 Å². The number of nitriles is 1. The SMILES string of the molecule is C=Nc1ccccc1N.CNCC(N)CCCCc1cccc(C#N)c1. The molecule has 2 rings (SSSR count). The lowest BCUT2D eigenvalue weighted by Crippen LogP contribution is -2.31. The fraction of sp³-hybridized carbons (Fsp3) is 0.333. The van der Waals surface area contributed by atoms with Gasteiger partial charge in [0.05, 0.1) is 23.0 Å². The van der Waals surface area contributed by atoms with E-state index >= 15 is 0 Å². The first-order valence-electron chi connectivity index (χ1n) is 8.81. The maximum Gasteiger partial charge on any atom is 0.0991 e. The molecule has 5 heteroatoms. The predicted molar refractivity (Wildman–Crippen MR) is 111 cm³/mol. The number of benzene rings is 2. The average molecular weight is 351 g/mol. The fourth-order valence-electron chi connectivity index (χ4n) is 2.53. The van der Waals surface area contributed by atoms with E-state index in [1.54, 1.807) is 6.07 Å². The highest BCUT2D eigenvalue weighted by Crippen LogP contribution is 2.18. The van der Waals surface area contributed by atoms with Crippen molar-refractivity contribution in [3.8, 4) is 6.07 Å². The number of rotatable bonds is 8. The third-order valence-corrected chi connectivity index (χ3v) is 3.92. The molecular weight excluding hydrogens is 322 g/mol. The highest BCUT2D eigenvalue weighted by molar-refractivity contribution is 5.64. The van der Waals surface area contributed by atoms with Crippen LogP contribution >= 0.6 is 0 Å². The number of nitrogens with one attached hydrogen (secondary N) is 1. The van der Waals surface area contributed by atoms with Crippen molar-refractivity contribution >= 4 is 18.1 Å². The van der Waals surface area contributed by atoms with Gasteiger partial charge in [-0.05, 0) is 62.9 Å². The number of hydrogen-bond donors (Lipinski definition) is 3. The number of nitrogens with zero attached hydrogens (tertiary/aromatic N) is 2. The maximum atomic E-state index is 8.79. The second-order valence-corrected chi connectivity index (χ2v) is 6.09. The van der Waals surface area contributed by atoms with Crippen LogP contribution in [0.15, 0.2) is 53.5 Å². The topological polar surface area (TPSA) is 100 Å². The Morgan fingerprint density at radius 3 is 2.58 bits per heavy atom. The summed E-state index contributed by atoms with van der Waals surface area (Å²) in [5, 5.41) is 11.9. The molecule has 0 heterocycles. The monoisotopic (exact) mass is 351 g/mol. The molecule has 0 amide bonds. The van der Waals surface area contributed by atoms with Gasteiger partial charge >= 0.3 is 0 Å². The van der Waals surface area contributed by atoms with Gasteiger partial charge < -0.3 is 16.8 Å². The van der Waals surface area contributed by atoms with Gasteiger partial charge in [0, 0.05) is 12.6 Å². The zero-order chi connectivity index (χ0) is 19.2. The number of likely N-dealkylation sites (N-methyl/N-ethyl adjacent to an activating group) is 1. The summed E-state index contributed by atoms with van der Waals surface area (Å²) >= 11 is 0. The molecule has 138 valence electrons. The number of hydrogen-bond acceptors (Lipinski definition) is 5. The van der Waals surface area contributed by atoms with Gasteiger partial charge in [0.25, 0.3) is 0 Å². The van der Waals surface area contributed by atoms with Crippen LogP contribution in [0, 0.1) is 11.3 Å². The standard InChI is InChI=1S/C14H21N3.C7H8N2/c1-17-11-14(16)8-3-2-5-12-6-4-7-13(9-12)10-15;1-9-7-5-3-2-4-6(7)8/h4,6-7,9,14,17H,2-3,5,8,11,16H2,1H3;2-5H,1,8H2. The van der Waals surface area contributed by atoms with Crippen LogP contribution in [-0.4, -0.2) is 26.4 Å². The lowest BCUT2D eigenvalue weighted by atomic mass is 10.0. The maximum absolute atomic E-state index is 8.79. The summed E-state index contributed by atoms with van der Waals surface area (Å²) in [6.45, 7) is 4.24. The molecule has 26 heavy (non-hydrogen) atoms. The van der Waals surface area contributed by atoms with E-state index in [2.05, 4.69) is 29.2 Å². The molecule has 1 atom stereocenters. The Labute approximate surface area is 156 Å². The third-order valence-electron chi connectivity index (χ3n) is 3.92. The number of aliphatic imine (C=N–C) groups is 1. The highest BCUT2D eigenvalue weighted by atomic mass is 14.9. The highest BCUT2D eigenvalue weighted by Gasteiger charge is 2.01. The van der Waals surface area contributed by atoms with Crippen molar-refractivity contribution in [2.24, 2.45) is 10.7 Å². The Balaban J connectivity index is 0.000000314. The molecule has 0 saturated heterocycles. The molecule has 0 fully saturated rings. The van der Waals surface area contributed by atoms with Crippen molar-refractivity contribution in [2.45, 2.75) is 31.7 Å². The van der Waals surface area contributed by atoms with Crippen LogP contribution in [0.4, 0.5) is 11.4 Å². The minimum atomic E-state index is 0.255. The summed E-state index contributed by atoms with van der Waals surface area (Å²) in [4.78, 5) is 3.70. The molecule has 2 aromatic carbocycles. The number of para-hydroxylation sites is 2. The Hall–Kier alpha value is -2.68. The van der Waals surface area contributed by atoms with E-state index in [0.29, 0.717) is 5.69 Å². The van der Waals surface area contributed by atoms with E-state index in [1.165, 1.54) is 5.56 Å². The van der Waals surface area contributed by atoms with Crippen molar-refractivity contribution in [1.29, 1.82) is 5.26 Å². The summed E-state index contributed by atoms with van der Waals surface area (Å²) in [6, 6.07) is 17.6. The van der Waals surface area contributed by atoms with Gasteiger partial charge in [-0.1, -0.05) is 30.7 Å². The molecule has 1 unspecified atom stereocenters. The van der Waals surface area contributed by atoms with Crippen molar-refractivity contribution in [2.75, 3.05) is 19.3 Å². The van der Waals surface area contributed by atoms with Gasteiger partial charge in [0.15, 0.2) is 0 Å². The number of nitrogen functional groups attached to an aromatic ring is 1. The molecule has 0 aliphatic carbocycles. The van der Waals surface area contributed by atoms with E-state index in [1.807, 2.05) is 43.4 Å². The quantitative estimate of drug-likeness (QED) is 0.385. The Morgan fingerprint density at radius 1 is 1.19 bits per heavy atom. The van der Waals surface area contributed by atoms with Gasteiger partial charge in [-0.25, -0.2) is 0 Å². The fourth-order valence-corrected chi connectivity index (χ4v) is 2.53. The summed E-state index contributed by atoms with van der Waals surface area (Å²) in [5.74, 6) is 0. The zero-order valence-electron chi connectivity index (χ0n) is 15.5. The number of anilines is 1. The summed E-state index contributed by atoms with van der Waals surface area (Å²) in [6.07, 6.45) is 4.35. The number of nitrogens with two attached hydrogens (primary N) is 2. The predicted octanol–water partition coefficient (Wildman–Crippen LogP) is 3.42. The Morgan fingerprint density at radius 2 is 1.96 bits per heavy atom. The molecule has 0 bridgehead atoms. The Bertz CT molecular complexity index is 706. The summed E-state index contributed by atoms with van der Waals surface area (Å²) in [5.41, 5.74) is 14.8. The van der Waals surface area contributed by atoms with Crippen LogP contribution in [0.25, 0.3) is 0 Å². The van der Waals surface area contributed by atoms with E-state index in [0.717, 1.165) is 43.5 Å². The van der Waals surface area contributed by atoms with E-state index in [9.17, 15) is 0 Å². The first-order valence-corrected chi connectivity index (χ1v) is 8.81. The van der Waals surface area contributed by atoms with E-state index in [-0.39, 0.29) is 6.04 Å². The molecule has 0 saturated carbocycles. The number of unbranched alkanes of at least 4 members (excludes halogenated alkanes) is 1. The molecule has 0 aliphatic rings. The van der Waals surface area contributed by atoms with Gasteiger partial charge in [0.1, 0.15) is 0 Å². The lowest BCUT2D eigenvalue weighted by Gasteiger charge is -2.10. The summed E-state index contributed by atoms with van der Waals surface area (Å²) < 4.78 is 0. The van der Waals surface area contributed by atoms with Crippen molar-refractivity contribution in [3.63, 3.8) is 0 Å². The van der Waals surface area contributed by atoms with E-state index < -0.39 is 0 Å². The minimum absolute atomic E-state index is 0.255. The van der Waals surface area contributed by atoms with Crippen LogP contribution in [0.5, 0.6) is 0 Å². The molecule has 0 aliphatic heterocycles. The van der Waals surface area contributed by atoms with Crippen LogP contribution in [0.3, 0.4) is 0 Å². The van der Waals surface area contributed by atoms with Crippen LogP contribution < -0.4 is 16.8 Å². The van der Waals surface area contributed by atoms with Crippen LogP contribution in [-0.2, 0) is 6.42 Å². The van der Waals surface area contributed by atoms with Gasteiger partial charge in [0.2, 0.25) is 0 Å².